The smallest absolute Gasteiger partial charge is 0.123 e. The molecule has 1 unspecified atom stereocenters. The van der Waals surface area contributed by atoms with Crippen LogP contribution in [0.3, 0.4) is 0 Å². The van der Waals surface area contributed by atoms with Gasteiger partial charge in [-0.15, -0.1) is 11.3 Å². The van der Waals surface area contributed by atoms with Gasteiger partial charge < -0.3 is 5.32 Å². The quantitative estimate of drug-likeness (QED) is 0.874. The maximum atomic E-state index is 13.2. The topological polar surface area (TPSA) is 12.0 Å². The van der Waals surface area contributed by atoms with Gasteiger partial charge in [0, 0.05) is 10.9 Å². The fourth-order valence-corrected chi connectivity index (χ4v) is 3.84. The lowest BCUT2D eigenvalue weighted by atomic mass is 10.00. The van der Waals surface area contributed by atoms with E-state index in [1.165, 1.54) is 16.5 Å². The Balaban J connectivity index is 2.22. The maximum Gasteiger partial charge on any atom is 0.123 e. The Bertz CT molecular complexity index is 538. The summed E-state index contributed by atoms with van der Waals surface area (Å²) in [6.07, 6.45) is 0.790. The Morgan fingerprint density at radius 3 is 2.72 bits per heavy atom. The van der Waals surface area contributed by atoms with Crippen LogP contribution < -0.4 is 5.32 Å². The van der Waals surface area contributed by atoms with E-state index in [0.29, 0.717) is 0 Å². The third kappa shape index (κ3) is 3.19. The molecule has 0 aliphatic carbocycles. The first-order valence-corrected chi connectivity index (χ1v) is 7.38. The minimum atomic E-state index is -0.175. The summed E-state index contributed by atoms with van der Waals surface area (Å²) in [6.45, 7) is 2.11. The van der Waals surface area contributed by atoms with E-state index in [1.54, 1.807) is 23.5 Å². The molecule has 1 nitrogen and oxygen atoms in total. The number of rotatable bonds is 4. The molecule has 0 aliphatic rings. The third-order valence-corrected chi connectivity index (χ3v) is 4.55. The molecule has 1 heterocycles. The van der Waals surface area contributed by atoms with Crippen molar-refractivity contribution in [3.8, 4) is 0 Å². The van der Waals surface area contributed by atoms with Gasteiger partial charge in [0.2, 0.25) is 0 Å². The molecule has 1 atom stereocenters. The zero-order chi connectivity index (χ0) is 13.1. The molecular formula is C14H15BrFNS. The molecule has 0 amide bonds. The fraction of sp³-hybridized carbons (Fsp3) is 0.286. The Labute approximate surface area is 119 Å². The zero-order valence-electron chi connectivity index (χ0n) is 10.3. The van der Waals surface area contributed by atoms with E-state index in [1.807, 2.05) is 13.1 Å². The maximum absolute atomic E-state index is 13.2. The van der Waals surface area contributed by atoms with Crippen LogP contribution in [0.4, 0.5) is 4.39 Å². The lowest BCUT2D eigenvalue weighted by Gasteiger charge is -2.16. The summed E-state index contributed by atoms with van der Waals surface area (Å²) < 4.78 is 14.3. The van der Waals surface area contributed by atoms with Crippen LogP contribution in [0.5, 0.6) is 0 Å². The Morgan fingerprint density at radius 1 is 1.39 bits per heavy atom. The largest absolute Gasteiger partial charge is 0.313 e. The molecule has 0 spiro atoms. The summed E-state index contributed by atoms with van der Waals surface area (Å²) in [7, 11) is 1.94. The van der Waals surface area contributed by atoms with E-state index in [2.05, 4.69) is 34.2 Å². The van der Waals surface area contributed by atoms with Crippen molar-refractivity contribution in [1.82, 2.24) is 5.32 Å². The van der Waals surface area contributed by atoms with Crippen LogP contribution in [0, 0.1) is 12.7 Å². The number of likely N-dealkylation sites (N-methyl/N-ethyl adjacent to an activating group) is 1. The van der Waals surface area contributed by atoms with Crippen LogP contribution in [-0.4, -0.2) is 7.05 Å². The van der Waals surface area contributed by atoms with Gasteiger partial charge in [0.25, 0.3) is 0 Å². The third-order valence-electron chi connectivity index (χ3n) is 2.98. The Morgan fingerprint density at radius 2 is 2.17 bits per heavy atom. The molecule has 2 rings (SSSR count). The van der Waals surface area contributed by atoms with E-state index in [9.17, 15) is 4.39 Å². The van der Waals surface area contributed by atoms with Crippen molar-refractivity contribution in [3.63, 3.8) is 0 Å². The minimum absolute atomic E-state index is 0.175. The second kappa shape index (κ2) is 5.95. The first-order chi connectivity index (χ1) is 8.60. The normalized spacial score (nSPS) is 12.7. The number of aryl methyl sites for hydroxylation is 1. The average molecular weight is 328 g/mol. The summed E-state index contributed by atoms with van der Waals surface area (Å²) in [5, 5.41) is 3.30. The summed E-state index contributed by atoms with van der Waals surface area (Å²) in [5.74, 6) is -0.175. The van der Waals surface area contributed by atoms with Crippen LogP contribution in [0.25, 0.3) is 0 Å². The molecule has 1 aromatic heterocycles. The molecule has 0 aliphatic heterocycles. The van der Waals surface area contributed by atoms with Gasteiger partial charge in [-0.1, -0.05) is 12.1 Å². The number of nitrogens with one attached hydrogen (secondary N) is 1. The van der Waals surface area contributed by atoms with Crippen molar-refractivity contribution in [2.75, 3.05) is 7.05 Å². The predicted molar refractivity (Wildman–Crippen MR) is 78.7 cm³/mol. The lowest BCUT2D eigenvalue weighted by molar-refractivity contribution is 0.583. The van der Waals surface area contributed by atoms with E-state index in [4.69, 9.17) is 0 Å². The first kappa shape index (κ1) is 13.7. The molecule has 18 heavy (non-hydrogen) atoms. The number of benzene rings is 1. The van der Waals surface area contributed by atoms with Crippen molar-refractivity contribution in [2.45, 2.75) is 19.4 Å². The highest BCUT2D eigenvalue weighted by Crippen LogP contribution is 2.32. The van der Waals surface area contributed by atoms with E-state index in [-0.39, 0.29) is 11.9 Å². The second-order valence-corrected chi connectivity index (χ2v) is 6.87. The Hall–Kier alpha value is -0.710. The van der Waals surface area contributed by atoms with Crippen molar-refractivity contribution < 1.29 is 4.39 Å². The lowest BCUT2D eigenvalue weighted by Crippen LogP contribution is -2.19. The minimum Gasteiger partial charge on any atom is -0.313 e. The predicted octanol–water partition coefficient (Wildman–Crippen LogP) is 4.46. The number of thiophene rings is 1. The molecule has 1 aromatic carbocycles. The van der Waals surface area contributed by atoms with Crippen molar-refractivity contribution >= 4 is 27.3 Å². The van der Waals surface area contributed by atoms with Crippen molar-refractivity contribution in [2.24, 2.45) is 0 Å². The van der Waals surface area contributed by atoms with Gasteiger partial charge in [0.05, 0.1) is 3.79 Å². The molecule has 2 aromatic rings. The van der Waals surface area contributed by atoms with Crippen molar-refractivity contribution in [3.05, 3.63) is 55.9 Å². The molecule has 0 bridgehead atoms. The zero-order valence-corrected chi connectivity index (χ0v) is 12.7. The molecule has 1 N–H and O–H groups in total. The Kier molecular flexibility index (Phi) is 4.54. The average Bonchev–Trinajstić information content (AvgIpc) is 2.65. The van der Waals surface area contributed by atoms with Crippen LogP contribution >= 0.6 is 27.3 Å². The SMILES string of the molecule is CNC(Cc1cccc(F)c1)c1cc(Br)sc1C. The summed E-state index contributed by atoms with van der Waals surface area (Å²) in [5.41, 5.74) is 2.29. The highest BCUT2D eigenvalue weighted by Gasteiger charge is 2.15. The molecule has 0 fully saturated rings. The standard InChI is InChI=1S/C14H15BrFNS/c1-9-12(8-14(15)18-9)13(17-2)7-10-4-3-5-11(16)6-10/h3-6,8,13,17H,7H2,1-2H3. The van der Waals surface area contributed by atoms with Gasteiger partial charge in [-0.2, -0.15) is 0 Å². The molecule has 0 saturated carbocycles. The van der Waals surface area contributed by atoms with E-state index in [0.717, 1.165) is 15.8 Å². The summed E-state index contributed by atoms with van der Waals surface area (Å²) >= 11 is 5.24. The van der Waals surface area contributed by atoms with E-state index >= 15 is 0 Å². The van der Waals surface area contributed by atoms with Crippen LogP contribution in [0.2, 0.25) is 0 Å². The summed E-state index contributed by atoms with van der Waals surface area (Å²) in [4.78, 5) is 1.29. The van der Waals surface area contributed by atoms with Crippen LogP contribution in [0.15, 0.2) is 34.1 Å². The molecule has 96 valence electrons. The summed E-state index contributed by atoms with van der Waals surface area (Å²) in [6, 6.07) is 9.15. The fourth-order valence-electron chi connectivity index (χ4n) is 2.07. The van der Waals surface area contributed by atoms with Crippen LogP contribution in [-0.2, 0) is 6.42 Å². The van der Waals surface area contributed by atoms with Gasteiger partial charge >= 0.3 is 0 Å². The van der Waals surface area contributed by atoms with Crippen LogP contribution in [0.1, 0.15) is 22.0 Å². The second-order valence-electron chi connectivity index (χ2n) is 4.24. The van der Waals surface area contributed by atoms with Gasteiger partial charge in [-0.25, -0.2) is 4.39 Å². The monoisotopic (exact) mass is 327 g/mol. The molecule has 4 heteroatoms. The number of halogens is 2. The molecular weight excluding hydrogens is 313 g/mol. The van der Waals surface area contributed by atoms with Gasteiger partial charge in [-0.3, -0.25) is 0 Å². The number of hydrogen-bond donors (Lipinski definition) is 1. The molecule has 0 radical (unpaired) electrons. The first-order valence-electron chi connectivity index (χ1n) is 5.77. The van der Waals surface area contributed by atoms with Gasteiger partial charge in [0.15, 0.2) is 0 Å². The van der Waals surface area contributed by atoms with E-state index < -0.39 is 0 Å². The number of hydrogen-bond acceptors (Lipinski definition) is 2. The van der Waals surface area contributed by atoms with Crippen molar-refractivity contribution in [1.29, 1.82) is 0 Å². The highest BCUT2D eigenvalue weighted by atomic mass is 79.9. The van der Waals surface area contributed by atoms with Gasteiger partial charge in [-0.05, 0) is 65.6 Å². The molecule has 0 saturated heterocycles. The highest BCUT2D eigenvalue weighted by molar-refractivity contribution is 9.11. The van der Waals surface area contributed by atoms with Gasteiger partial charge in [0.1, 0.15) is 5.82 Å².